The van der Waals surface area contributed by atoms with Gasteiger partial charge in [0.05, 0.1) is 31.1 Å². The van der Waals surface area contributed by atoms with E-state index in [1.165, 1.54) is 0 Å². The van der Waals surface area contributed by atoms with E-state index in [9.17, 15) is 0 Å². The fourth-order valence-electron chi connectivity index (χ4n) is 2.86. The summed E-state index contributed by atoms with van der Waals surface area (Å²) in [7, 11) is 0. The first-order chi connectivity index (χ1) is 11.1. The van der Waals surface area contributed by atoms with Crippen LogP contribution in [0, 0.1) is 20.8 Å². The lowest BCUT2D eigenvalue weighted by atomic mass is 10.3. The third kappa shape index (κ3) is 2.81. The molecule has 1 aliphatic heterocycles. The molecule has 122 valence electrons. The first-order valence-corrected chi connectivity index (χ1v) is 8.47. The highest BCUT2D eigenvalue weighted by Gasteiger charge is 2.24. The summed E-state index contributed by atoms with van der Waals surface area (Å²) in [5.74, 6) is 1.72. The number of morpholine rings is 1. The number of fused-ring (bicyclic) bond motifs is 1. The van der Waals surface area contributed by atoms with Crippen LogP contribution in [-0.4, -0.2) is 55.2 Å². The quantitative estimate of drug-likeness (QED) is 0.717. The normalized spacial score (nSPS) is 18.9. The van der Waals surface area contributed by atoms with Crippen LogP contribution in [0.4, 0.5) is 5.13 Å². The van der Waals surface area contributed by atoms with Gasteiger partial charge in [0, 0.05) is 13.1 Å². The monoisotopic (exact) mass is 333 g/mol. The molecule has 23 heavy (non-hydrogen) atoms. The van der Waals surface area contributed by atoms with Crippen molar-refractivity contribution >= 4 is 21.4 Å². The second kappa shape index (κ2) is 5.57. The molecule has 0 spiro atoms. The summed E-state index contributed by atoms with van der Waals surface area (Å²) in [6.45, 7) is 8.91. The van der Waals surface area contributed by atoms with Crippen molar-refractivity contribution in [2.24, 2.45) is 0 Å². The molecule has 0 N–H and O–H groups in total. The molecule has 0 saturated carbocycles. The molecule has 1 atom stereocenters. The van der Waals surface area contributed by atoms with Crippen LogP contribution in [-0.2, 0) is 11.3 Å². The number of ether oxygens (including phenoxy) is 1. The molecule has 1 aliphatic rings. The lowest BCUT2D eigenvalue weighted by Crippen LogP contribution is -2.44. The van der Waals surface area contributed by atoms with E-state index in [1.54, 1.807) is 11.3 Å². The number of aryl methyl sites for hydroxylation is 3. The number of hydrogen-bond donors (Lipinski definition) is 0. The van der Waals surface area contributed by atoms with Crippen molar-refractivity contribution < 1.29 is 4.74 Å². The summed E-state index contributed by atoms with van der Waals surface area (Å²) >= 11 is 1.62. The highest BCUT2D eigenvalue weighted by molar-refractivity contribution is 7.20. The minimum Gasteiger partial charge on any atom is -0.373 e. The summed E-state index contributed by atoms with van der Waals surface area (Å²) in [6, 6.07) is 0. The topological polar surface area (TPSA) is 73.4 Å². The van der Waals surface area contributed by atoms with Gasteiger partial charge in [-0.25, -0.2) is 19.2 Å². The van der Waals surface area contributed by atoms with Crippen LogP contribution in [0.15, 0.2) is 6.20 Å². The number of imidazole rings is 1. The molecule has 4 rings (SSSR count). The Bertz CT molecular complexity index is 804. The van der Waals surface area contributed by atoms with Crippen molar-refractivity contribution in [2.45, 2.75) is 33.4 Å². The molecule has 1 saturated heterocycles. The van der Waals surface area contributed by atoms with Crippen molar-refractivity contribution in [3.05, 3.63) is 23.5 Å². The first kappa shape index (κ1) is 14.6. The Kier molecular flexibility index (Phi) is 3.53. The van der Waals surface area contributed by atoms with Gasteiger partial charge in [0.1, 0.15) is 11.6 Å². The fourth-order valence-corrected chi connectivity index (χ4v) is 3.82. The lowest BCUT2D eigenvalue weighted by Gasteiger charge is -2.32. The molecule has 1 unspecified atom stereocenters. The molecule has 0 amide bonds. The largest absolute Gasteiger partial charge is 0.373 e. The van der Waals surface area contributed by atoms with Gasteiger partial charge in [-0.2, -0.15) is 5.10 Å². The number of rotatable bonds is 3. The van der Waals surface area contributed by atoms with Crippen molar-refractivity contribution in [1.29, 1.82) is 0 Å². The van der Waals surface area contributed by atoms with Gasteiger partial charge < -0.3 is 9.64 Å². The highest BCUT2D eigenvalue weighted by Crippen LogP contribution is 2.25. The second-order valence-electron chi connectivity index (χ2n) is 5.82. The van der Waals surface area contributed by atoms with Crippen molar-refractivity contribution in [3.63, 3.8) is 0 Å². The Morgan fingerprint density at radius 1 is 1.26 bits per heavy atom. The third-order valence-corrected chi connectivity index (χ3v) is 4.88. The smallest absolute Gasteiger partial charge is 0.214 e. The zero-order valence-corrected chi connectivity index (χ0v) is 14.2. The number of anilines is 1. The summed E-state index contributed by atoms with van der Waals surface area (Å²) in [5, 5.41) is 10.0. The van der Waals surface area contributed by atoms with E-state index in [4.69, 9.17) is 4.74 Å². The molecule has 0 aromatic carbocycles. The molecular weight excluding hydrogens is 314 g/mol. The lowest BCUT2D eigenvalue weighted by molar-refractivity contribution is 0.0269. The average molecular weight is 333 g/mol. The Morgan fingerprint density at radius 3 is 2.87 bits per heavy atom. The van der Waals surface area contributed by atoms with E-state index in [2.05, 4.69) is 25.1 Å². The fraction of sp³-hybridized carbons (Fsp3) is 0.571. The third-order valence-electron chi connectivity index (χ3n) is 3.90. The first-order valence-electron chi connectivity index (χ1n) is 7.66. The maximum atomic E-state index is 5.90. The van der Waals surface area contributed by atoms with E-state index >= 15 is 0 Å². The summed E-state index contributed by atoms with van der Waals surface area (Å²) in [5.41, 5.74) is 0.993. The molecule has 3 aromatic rings. The van der Waals surface area contributed by atoms with Crippen LogP contribution in [0.1, 0.15) is 17.3 Å². The van der Waals surface area contributed by atoms with Gasteiger partial charge in [-0.1, -0.05) is 11.3 Å². The standard InChI is InChI=1S/C14H19N7OS/c1-9-6-21-13(15-9)23-14(18-21)19-4-5-22-12(7-19)8-20-11(3)16-10(2)17-20/h6,12H,4-5,7-8H2,1-3H3. The number of nitrogens with zero attached hydrogens (tertiary/aromatic N) is 7. The van der Waals surface area contributed by atoms with Crippen LogP contribution in [0.2, 0.25) is 0 Å². The maximum absolute atomic E-state index is 5.90. The highest BCUT2D eigenvalue weighted by atomic mass is 32.1. The minimum atomic E-state index is 0.0847. The zero-order valence-electron chi connectivity index (χ0n) is 13.4. The van der Waals surface area contributed by atoms with Gasteiger partial charge >= 0.3 is 0 Å². The van der Waals surface area contributed by atoms with E-state index < -0.39 is 0 Å². The van der Waals surface area contributed by atoms with E-state index in [1.807, 2.05) is 36.2 Å². The van der Waals surface area contributed by atoms with Gasteiger partial charge in [-0.3, -0.25) is 0 Å². The van der Waals surface area contributed by atoms with Crippen LogP contribution in [0.25, 0.3) is 4.96 Å². The van der Waals surface area contributed by atoms with Crippen molar-refractivity contribution in [3.8, 4) is 0 Å². The maximum Gasteiger partial charge on any atom is 0.214 e. The SMILES string of the molecule is Cc1cn2nc(N3CCOC(Cn4nc(C)nc4C)C3)sc2n1. The van der Waals surface area contributed by atoms with Crippen LogP contribution in [0.3, 0.4) is 0 Å². The average Bonchev–Trinajstić information content (AvgIpc) is 3.12. The van der Waals surface area contributed by atoms with Crippen molar-refractivity contribution in [1.82, 2.24) is 29.4 Å². The van der Waals surface area contributed by atoms with E-state index in [0.29, 0.717) is 13.2 Å². The van der Waals surface area contributed by atoms with E-state index in [0.717, 1.165) is 40.5 Å². The second-order valence-corrected chi connectivity index (χ2v) is 6.76. The molecule has 8 nitrogen and oxygen atoms in total. The Hall–Kier alpha value is -2.00. The molecule has 0 bridgehead atoms. The molecular formula is C14H19N7OS. The van der Waals surface area contributed by atoms with Crippen molar-refractivity contribution in [2.75, 3.05) is 24.6 Å². The number of hydrogen-bond acceptors (Lipinski definition) is 7. The molecule has 1 fully saturated rings. The summed E-state index contributed by atoms with van der Waals surface area (Å²) in [4.78, 5) is 12.0. The van der Waals surface area contributed by atoms with Gasteiger partial charge in [0.15, 0.2) is 0 Å². The van der Waals surface area contributed by atoms with Crippen LogP contribution >= 0.6 is 11.3 Å². The van der Waals surface area contributed by atoms with E-state index in [-0.39, 0.29) is 6.10 Å². The number of aromatic nitrogens is 6. The molecule has 0 radical (unpaired) electrons. The van der Waals surface area contributed by atoms with Gasteiger partial charge in [-0.05, 0) is 20.8 Å². The molecule has 0 aliphatic carbocycles. The Morgan fingerprint density at radius 2 is 2.13 bits per heavy atom. The van der Waals surface area contributed by atoms with Gasteiger partial charge in [0.2, 0.25) is 10.1 Å². The van der Waals surface area contributed by atoms with Gasteiger partial charge in [0.25, 0.3) is 0 Å². The predicted octanol–water partition coefficient (Wildman–Crippen LogP) is 1.21. The molecule has 9 heteroatoms. The Balaban J connectivity index is 1.49. The zero-order chi connectivity index (χ0) is 16.0. The summed E-state index contributed by atoms with van der Waals surface area (Å²) in [6.07, 6.45) is 2.04. The molecule has 3 aromatic heterocycles. The predicted molar refractivity (Wildman–Crippen MR) is 87.1 cm³/mol. The minimum absolute atomic E-state index is 0.0847. The Labute approximate surface area is 137 Å². The van der Waals surface area contributed by atoms with Gasteiger partial charge in [-0.15, -0.1) is 5.10 Å². The van der Waals surface area contributed by atoms with Crippen LogP contribution < -0.4 is 4.90 Å². The molecule has 4 heterocycles. The van der Waals surface area contributed by atoms with Crippen LogP contribution in [0.5, 0.6) is 0 Å². The summed E-state index contributed by atoms with van der Waals surface area (Å²) < 4.78 is 9.67.